The molecule has 10 rings (SSSR count). The summed E-state index contributed by atoms with van der Waals surface area (Å²) >= 11 is 5.52. The molecule has 0 bridgehead atoms. The monoisotopic (exact) mass is 1130 g/mol. The molecule has 2 aromatic heterocycles. The molecular formula is C67H83ClN8O6. The number of aryl methyl sites for hydroxylation is 8. The van der Waals surface area contributed by atoms with E-state index in [1.165, 1.54) is 23.8 Å². The molecular weight excluding hydrogens is 1050 g/mol. The van der Waals surface area contributed by atoms with Crippen molar-refractivity contribution in [1.29, 1.82) is 0 Å². The Kier molecular flexibility index (Phi) is 21.0. The topological polar surface area (TPSA) is 174 Å². The van der Waals surface area contributed by atoms with Crippen LogP contribution in [0, 0.1) is 69.2 Å². The SMILES string of the molecule is C.C.CCn1nnc2c(C)c(C(CC(=O)O)c3ccc4c(c3)CN(C(=O)c3c(C)c(C)cc(C)c3C)CC4)ccc21.CCn1nnc2c(C)c(C(CC(=O)OC)c3ccc4c(c3)CNCC4)ccc21.Cc1cc(C)c(C)c(C(=O)Cl)c1C. The van der Waals surface area contributed by atoms with E-state index in [2.05, 4.69) is 114 Å². The molecule has 4 heterocycles. The molecule has 6 aromatic carbocycles. The zero-order valence-corrected chi connectivity index (χ0v) is 49.4. The first-order chi connectivity index (χ1) is 38.2. The van der Waals surface area contributed by atoms with Gasteiger partial charge in [-0.15, -0.1) is 10.2 Å². The summed E-state index contributed by atoms with van der Waals surface area (Å²) in [7, 11) is 1.44. The van der Waals surface area contributed by atoms with Gasteiger partial charge in [-0.05, 0) is 226 Å². The Morgan fingerprint density at radius 3 is 1.52 bits per heavy atom. The number of carbonyl (C=O) groups excluding carboxylic acids is 3. The number of aliphatic carboxylic acids is 1. The Morgan fingerprint density at radius 2 is 1.06 bits per heavy atom. The molecule has 82 heavy (non-hydrogen) atoms. The van der Waals surface area contributed by atoms with Crippen LogP contribution in [-0.2, 0) is 53.3 Å². The van der Waals surface area contributed by atoms with Gasteiger partial charge < -0.3 is 20.1 Å². The van der Waals surface area contributed by atoms with Crippen molar-refractivity contribution >= 4 is 56.8 Å². The number of carboxylic acids is 1. The third-order valence-corrected chi connectivity index (χ3v) is 17.1. The van der Waals surface area contributed by atoms with Crippen LogP contribution >= 0.6 is 11.6 Å². The van der Waals surface area contributed by atoms with Gasteiger partial charge in [0.05, 0.1) is 31.0 Å². The van der Waals surface area contributed by atoms with Gasteiger partial charge in [0.25, 0.3) is 11.1 Å². The molecule has 0 saturated carbocycles. The van der Waals surface area contributed by atoms with E-state index in [-0.39, 0.29) is 50.2 Å². The number of nitrogens with zero attached hydrogens (tertiary/aromatic N) is 7. The van der Waals surface area contributed by atoms with E-state index < -0.39 is 5.97 Å². The number of nitrogens with one attached hydrogen (secondary N) is 1. The van der Waals surface area contributed by atoms with E-state index in [1.807, 2.05) is 81.8 Å². The average Bonchev–Trinajstić information content (AvgIpc) is 4.09. The molecule has 2 atom stereocenters. The van der Waals surface area contributed by atoms with Gasteiger partial charge >= 0.3 is 11.9 Å². The van der Waals surface area contributed by atoms with Crippen LogP contribution < -0.4 is 5.32 Å². The van der Waals surface area contributed by atoms with Gasteiger partial charge in [0.1, 0.15) is 11.0 Å². The van der Waals surface area contributed by atoms with Crippen LogP contribution in [-0.4, -0.2) is 83.3 Å². The van der Waals surface area contributed by atoms with Crippen molar-refractivity contribution in [3.05, 3.63) is 184 Å². The van der Waals surface area contributed by atoms with Crippen molar-refractivity contribution in [2.45, 2.75) is 162 Å². The molecule has 434 valence electrons. The van der Waals surface area contributed by atoms with Crippen LogP contribution in [0.1, 0.15) is 174 Å². The minimum absolute atomic E-state index is 0. The fourth-order valence-electron chi connectivity index (χ4n) is 11.7. The molecule has 0 aliphatic carbocycles. The lowest BCUT2D eigenvalue weighted by atomic mass is 9.83. The average molecular weight is 1130 g/mol. The summed E-state index contributed by atoms with van der Waals surface area (Å²) in [5.41, 5.74) is 24.8. The first kappa shape index (κ1) is 63.6. The van der Waals surface area contributed by atoms with Crippen molar-refractivity contribution in [2.75, 3.05) is 20.2 Å². The molecule has 0 saturated heterocycles. The number of carboxylic acid groups (broad SMARTS) is 1. The van der Waals surface area contributed by atoms with Gasteiger partial charge in [-0.3, -0.25) is 19.2 Å². The number of esters is 1. The standard InChI is InChI=1S/C32H36N4O3.C22H26N4O2.C11H13ClO.2CH4/c1-7-36-28-11-10-26(22(6)31(28)33-34-36)27(16-29(37)38)24-9-8-23-12-13-35(17-25(23)15-24)32(39)30-20(4)18(2)14-19(3)21(30)5;1-4-26-20-8-7-18(14(2)22(20)24-25-26)19(12-21(27)28-3)16-6-5-15-9-10-23-13-17(15)11-16;1-6-5-7(2)9(4)10(8(6)3)11(12)13;;/h8-11,14-15,27H,7,12-13,16-17H2,1-6H3,(H,37,38);5-8,11,19,23H,4,9-10,12-13H2,1-3H3;5H,1-4H3;2*1H4. The molecule has 2 aliphatic rings. The van der Waals surface area contributed by atoms with E-state index in [9.17, 15) is 24.3 Å². The minimum atomic E-state index is -0.855. The Hall–Kier alpha value is -7.55. The number of fused-ring (bicyclic) bond motifs is 4. The maximum atomic E-state index is 13.8. The molecule has 1 amide bonds. The highest BCUT2D eigenvalue weighted by Crippen LogP contribution is 2.38. The summed E-state index contributed by atoms with van der Waals surface area (Å²) in [6, 6.07) is 25.3. The number of halogens is 1. The summed E-state index contributed by atoms with van der Waals surface area (Å²) in [4.78, 5) is 51.1. The second-order valence-corrected chi connectivity index (χ2v) is 21.9. The fourth-order valence-corrected chi connectivity index (χ4v) is 12.0. The van der Waals surface area contributed by atoms with Gasteiger partial charge in [0, 0.05) is 55.7 Å². The molecule has 2 N–H and O–H groups in total. The van der Waals surface area contributed by atoms with Crippen molar-refractivity contribution in [3.8, 4) is 0 Å². The largest absolute Gasteiger partial charge is 0.481 e. The van der Waals surface area contributed by atoms with Gasteiger partial charge in [-0.25, -0.2) is 9.36 Å². The van der Waals surface area contributed by atoms with Gasteiger partial charge in [0.2, 0.25) is 0 Å². The van der Waals surface area contributed by atoms with E-state index in [1.54, 1.807) is 0 Å². The molecule has 0 radical (unpaired) electrons. The summed E-state index contributed by atoms with van der Waals surface area (Å²) in [5.74, 6) is -1.41. The molecule has 2 unspecified atom stereocenters. The molecule has 0 spiro atoms. The number of benzene rings is 6. The van der Waals surface area contributed by atoms with E-state index in [4.69, 9.17) is 16.3 Å². The number of aromatic nitrogens is 6. The number of rotatable bonds is 12. The van der Waals surface area contributed by atoms with E-state index in [0.717, 1.165) is 150 Å². The predicted molar refractivity (Wildman–Crippen MR) is 330 cm³/mol. The van der Waals surface area contributed by atoms with Crippen molar-refractivity contribution in [2.24, 2.45) is 0 Å². The number of ether oxygens (including phenoxy) is 1. The summed E-state index contributed by atoms with van der Waals surface area (Å²) in [5, 5.41) is 30.2. The Morgan fingerprint density at radius 1 is 0.598 bits per heavy atom. The maximum absolute atomic E-state index is 13.8. The van der Waals surface area contributed by atoms with Gasteiger partial charge in [-0.1, -0.05) is 85.9 Å². The third kappa shape index (κ3) is 13.0. The summed E-state index contributed by atoms with van der Waals surface area (Å²) in [6.07, 6.45) is 2.09. The number of hydrogen-bond donors (Lipinski definition) is 2. The zero-order chi connectivity index (χ0) is 57.9. The number of amides is 1. The second kappa shape index (κ2) is 27.0. The first-order valence-electron chi connectivity index (χ1n) is 27.7. The Bertz CT molecular complexity index is 3660. The summed E-state index contributed by atoms with van der Waals surface area (Å²) < 4.78 is 8.75. The highest BCUT2D eigenvalue weighted by molar-refractivity contribution is 6.68. The van der Waals surface area contributed by atoms with Crippen LogP contribution in [0.25, 0.3) is 22.1 Å². The van der Waals surface area contributed by atoms with Crippen molar-refractivity contribution in [1.82, 2.24) is 40.2 Å². The molecule has 0 fully saturated rings. The van der Waals surface area contributed by atoms with Gasteiger partial charge in [0.15, 0.2) is 0 Å². The van der Waals surface area contributed by atoms with Crippen LogP contribution in [0.15, 0.2) is 72.8 Å². The quantitative estimate of drug-likeness (QED) is 0.0880. The van der Waals surface area contributed by atoms with E-state index >= 15 is 0 Å². The second-order valence-electron chi connectivity index (χ2n) is 21.6. The molecule has 8 aromatic rings. The Balaban J connectivity index is 0.000000219. The van der Waals surface area contributed by atoms with Crippen LogP contribution in [0.5, 0.6) is 0 Å². The highest BCUT2D eigenvalue weighted by Gasteiger charge is 2.29. The molecule has 2 aliphatic heterocycles. The zero-order valence-electron chi connectivity index (χ0n) is 48.7. The Labute approximate surface area is 489 Å². The maximum Gasteiger partial charge on any atom is 0.306 e. The smallest absolute Gasteiger partial charge is 0.306 e. The van der Waals surface area contributed by atoms with Crippen molar-refractivity contribution in [3.63, 3.8) is 0 Å². The fraction of sp³-hybridized carbons (Fsp3) is 0.403. The number of hydrogen-bond acceptors (Lipinski definition) is 10. The lowest BCUT2D eigenvalue weighted by Crippen LogP contribution is -2.37. The van der Waals surface area contributed by atoms with Crippen LogP contribution in [0.3, 0.4) is 0 Å². The number of methoxy groups -OCH3 is 1. The molecule has 14 nitrogen and oxygen atoms in total. The van der Waals surface area contributed by atoms with E-state index in [0.29, 0.717) is 25.1 Å². The van der Waals surface area contributed by atoms with Crippen LogP contribution in [0.4, 0.5) is 0 Å². The molecule has 15 heteroatoms. The van der Waals surface area contributed by atoms with Crippen LogP contribution in [0.2, 0.25) is 0 Å². The first-order valence-corrected chi connectivity index (χ1v) is 28.1. The third-order valence-electron chi connectivity index (χ3n) is 16.9. The number of carbonyl (C=O) groups is 4. The van der Waals surface area contributed by atoms with Gasteiger partial charge in [-0.2, -0.15) is 0 Å². The lowest BCUT2D eigenvalue weighted by molar-refractivity contribution is -0.141. The normalized spacial score (nSPS) is 13.3. The lowest BCUT2D eigenvalue weighted by Gasteiger charge is -2.31. The summed E-state index contributed by atoms with van der Waals surface area (Å²) in [6.45, 7) is 28.7. The minimum Gasteiger partial charge on any atom is -0.481 e. The predicted octanol–water partition coefficient (Wildman–Crippen LogP) is 13.5. The highest BCUT2D eigenvalue weighted by atomic mass is 35.5. The van der Waals surface area contributed by atoms with Crippen molar-refractivity contribution < 1.29 is 29.0 Å².